The summed E-state index contributed by atoms with van der Waals surface area (Å²) >= 11 is 3.33. The minimum absolute atomic E-state index is 0.314. The number of carbonyl (C=O) groups is 2. The molecule has 0 bridgehead atoms. The van der Waals surface area contributed by atoms with E-state index in [1.165, 1.54) is 11.1 Å². The van der Waals surface area contributed by atoms with Gasteiger partial charge in [0.1, 0.15) is 0 Å². The molecule has 22 heavy (non-hydrogen) atoms. The lowest BCUT2D eigenvalue weighted by atomic mass is 9.88. The first-order valence-corrected chi connectivity index (χ1v) is 7.46. The van der Waals surface area contributed by atoms with Crippen molar-refractivity contribution in [2.45, 2.75) is 12.0 Å². The number of nitrogens with zero attached hydrogens (tertiary/aromatic N) is 2. The highest BCUT2D eigenvalue weighted by Gasteiger charge is 2.49. The largest absolute Gasteiger partial charge is 0.375 e. The monoisotopic (exact) mass is 360 g/mol. The van der Waals surface area contributed by atoms with E-state index in [2.05, 4.69) is 20.9 Å². The van der Waals surface area contributed by atoms with E-state index in [0.29, 0.717) is 16.8 Å². The Morgan fingerprint density at radius 1 is 1.41 bits per heavy atom. The molecule has 0 fully saturated rings. The molecule has 1 N–H and O–H groups in total. The first-order chi connectivity index (χ1) is 10.4. The lowest BCUT2D eigenvalue weighted by Crippen LogP contribution is -2.40. The van der Waals surface area contributed by atoms with Gasteiger partial charge in [-0.2, -0.15) is 0 Å². The van der Waals surface area contributed by atoms with Gasteiger partial charge in [0.25, 0.3) is 5.91 Å². The first kappa shape index (κ1) is 14.9. The zero-order valence-corrected chi connectivity index (χ0v) is 13.4. The maximum atomic E-state index is 12.5. The van der Waals surface area contributed by atoms with Crippen LogP contribution >= 0.6 is 15.9 Å². The predicted octanol–water partition coefficient (Wildman–Crippen LogP) is 2.28. The average Bonchev–Trinajstić information content (AvgIpc) is 2.70. The summed E-state index contributed by atoms with van der Waals surface area (Å²) in [4.78, 5) is 30.1. The topological polar surface area (TPSA) is 70.5 Å². The van der Waals surface area contributed by atoms with Gasteiger partial charge in [-0.05, 0) is 30.3 Å². The van der Waals surface area contributed by atoms with Gasteiger partial charge < -0.3 is 10.0 Å². The molecule has 1 aromatic carbocycles. The van der Waals surface area contributed by atoms with Crippen LogP contribution < -0.4 is 4.90 Å². The van der Waals surface area contributed by atoms with E-state index in [-0.39, 0.29) is 12.2 Å². The maximum absolute atomic E-state index is 12.5. The van der Waals surface area contributed by atoms with Gasteiger partial charge >= 0.3 is 0 Å². The van der Waals surface area contributed by atoms with Gasteiger partial charge in [0.2, 0.25) is 0 Å². The molecular formula is C16H13BrN2O3. The number of aromatic nitrogens is 1. The molecule has 0 saturated carbocycles. The SMILES string of the molecule is CN1C(=O)C(O)(CC(=O)c2cccnc2)c2cc(Br)ccc21. The van der Waals surface area contributed by atoms with Crippen LogP contribution in [-0.4, -0.2) is 28.8 Å². The highest BCUT2D eigenvalue weighted by molar-refractivity contribution is 9.10. The van der Waals surface area contributed by atoms with Crippen LogP contribution in [0.5, 0.6) is 0 Å². The van der Waals surface area contributed by atoms with Gasteiger partial charge in [-0.15, -0.1) is 0 Å². The van der Waals surface area contributed by atoms with Crippen molar-refractivity contribution in [2.75, 3.05) is 11.9 Å². The van der Waals surface area contributed by atoms with Crippen molar-refractivity contribution in [1.29, 1.82) is 0 Å². The molecule has 1 aromatic heterocycles. The Hall–Kier alpha value is -2.05. The second kappa shape index (κ2) is 5.30. The van der Waals surface area contributed by atoms with E-state index in [4.69, 9.17) is 0 Å². The Kier molecular flexibility index (Phi) is 3.58. The van der Waals surface area contributed by atoms with Crippen LogP contribution in [-0.2, 0) is 10.4 Å². The Morgan fingerprint density at radius 2 is 2.18 bits per heavy atom. The molecule has 1 atom stereocenters. The summed E-state index contributed by atoms with van der Waals surface area (Å²) in [5.74, 6) is -0.831. The Bertz CT molecular complexity index is 763. The summed E-state index contributed by atoms with van der Waals surface area (Å²) in [6.45, 7) is 0. The number of anilines is 1. The Balaban J connectivity index is 2.01. The first-order valence-electron chi connectivity index (χ1n) is 6.67. The maximum Gasteiger partial charge on any atom is 0.263 e. The third kappa shape index (κ3) is 2.24. The van der Waals surface area contributed by atoms with Gasteiger partial charge in [0.15, 0.2) is 11.4 Å². The van der Waals surface area contributed by atoms with Gasteiger partial charge in [-0.1, -0.05) is 15.9 Å². The van der Waals surface area contributed by atoms with E-state index in [0.717, 1.165) is 4.47 Å². The van der Waals surface area contributed by atoms with Crippen LogP contribution in [0.3, 0.4) is 0 Å². The molecule has 0 radical (unpaired) electrons. The Labute approximate surface area is 135 Å². The molecular weight excluding hydrogens is 348 g/mol. The van der Waals surface area contributed by atoms with Crippen molar-refractivity contribution in [1.82, 2.24) is 4.98 Å². The fraction of sp³-hybridized carbons (Fsp3) is 0.188. The number of benzene rings is 1. The molecule has 1 unspecified atom stereocenters. The number of Topliss-reactive ketones (excluding diaryl/α,β-unsaturated/α-hetero) is 1. The normalized spacial score (nSPS) is 20.1. The minimum atomic E-state index is -1.85. The quantitative estimate of drug-likeness (QED) is 0.852. The number of pyridine rings is 1. The number of hydrogen-bond acceptors (Lipinski definition) is 4. The highest BCUT2D eigenvalue weighted by atomic mass is 79.9. The fourth-order valence-electron chi connectivity index (χ4n) is 2.67. The summed E-state index contributed by atoms with van der Waals surface area (Å²) in [6.07, 6.45) is 2.67. The molecule has 0 saturated heterocycles. The lowest BCUT2D eigenvalue weighted by molar-refractivity contribution is -0.135. The molecule has 5 nitrogen and oxygen atoms in total. The number of halogens is 1. The number of ketones is 1. The molecule has 2 heterocycles. The molecule has 1 aliphatic rings. The average molecular weight is 361 g/mol. The van der Waals surface area contributed by atoms with Crippen LogP contribution in [0.25, 0.3) is 0 Å². The van der Waals surface area contributed by atoms with E-state index >= 15 is 0 Å². The highest BCUT2D eigenvalue weighted by Crippen LogP contribution is 2.43. The van der Waals surface area contributed by atoms with E-state index in [9.17, 15) is 14.7 Å². The van der Waals surface area contributed by atoms with Crippen molar-refractivity contribution in [3.63, 3.8) is 0 Å². The molecule has 3 rings (SSSR count). The van der Waals surface area contributed by atoms with Crippen molar-refractivity contribution in [3.8, 4) is 0 Å². The number of fused-ring (bicyclic) bond motifs is 1. The Morgan fingerprint density at radius 3 is 2.86 bits per heavy atom. The number of aliphatic hydroxyl groups is 1. The number of rotatable bonds is 3. The van der Waals surface area contributed by atoms with E-state index < -0.39 is 11.5 Å². The summed E-state index contributed by atoms with van der Waals surface area (Å²) in [7, 11) is 1.58. The summed E-state index contributed by atoms with van der Waals surface area (Å²) in [5.41, 5.74) is -0.433. The van der Waals surface area contributed by atoms with Crippen LogP contribution in [0.15, 0.2) is 47.2 Å². The van der Waals surface area contributed by atoms with Crippen molar-refractivity contribution in [3.05, 3.63) is 58.3 Å². The van der Waals surface area contributed by atoms with E-state index in [1.807, 2.05) is 0 Å². The summed E-state index contributed by atoms with van der Waals surface area (Å²) in [6, 6.07) is 8.46. The van der Waals surface area contributed by atoms with Crippen LogP contribution in [0.1, 0.15) is 22.3 Å². The number of carbonyl (C=O) groups excluding carboxylic acids is 2. The lowest BCUT2D eigenvalue weighted by Gasteiger charge is -2.21. The van der Waals surface area contributed by atoms with Crippen molar-refractivity contribution >= 4 is 33.3 Å². The van der Waals surface area contributed by atoms with Gasteiger partial charge in [-0.3, -0.25) is 14.6 Å². The number of amides is 1. The summed E-state index contributed by atoms with van der Waals surface area (Å²) < 4.78 is 0.738. The van der Waals surface area contributed by atoms with Gasteiger partial charge in [-0.25, -0.2) is 0 Å². The zero-order valence-electron chi connectivity index (χ0n) is 11.8. The van der Waals surface area contributed by atoms with Gasteiger partial charge in [0, 0.05) is 35.0 Å². The molecule has 0 spiro atoms. The molecule has 6 heteroatoms. The molecule has 0 aliphatic carbocycles. The standard InChI is InChI=1S/C16H13BrN2O3/c1-19-13-5-4-11(17)7-12(13)16(22,15(19)21)8-14(20)10-3-2-6-18-9-10/h2-7,9,22H,8H2,1H3. The third-order valence-corrected chi connectivity index (χ3v) is 4.32. The second-order valence-electron chi connectivity index (χ2n) is 5.23. The number of likely N-dealkylation sites (N-methyl/N-ethyl adjacent to an activating group) is 1. The second-order valence-corrected chi connectivity index (χ2v) is 6.14. The molecule has 2 aromatic rings. The molecule has 1 aliphatic heterocycles. The minimum Gasteiger partial charge on any atom is -0.375 e. The third-order valence-electron chi connectivity index (χ3n) is 3.82. The molecule has 112 valence electrons. The fourth-order valence-corrected chi connectivity index (χ4v) is 3.03. The predicted molar refractivity (Wildman–Crippen MR) is 84.6 cm³/mol. The molecule has 1 amide bonds. The van der Waals surface area contributed by atoms with Gasteiger partial charge in [0.05, 0.1) is 12.1 Å². The summed E-state index contributed by atoms with van der Waals surface area (Å²) in [5, 5.41) is 10.9. The number of hydrogen-bond donors (Lipinski definition) is 1. The van der Waals surface area contributed by atoms with Crippen LogP contribution in [0.4, 0.5) is 5.69 Å². The zero-order chi connectivity index (χ0) is 15.9. The van der Waals surface area contributed by atoms with Crippen molar-refractivity contribution in [2.24, 2.45) is 0 Å². The van der Waals surface area contributed by atoms with Crippen LogP contribution in [0, 0.1) is 0 Å². The van der Waals surface area contributed by atoms with E-state index in [1.54, 1.807) is 43.6 Å². The van der Waals surface area contributed by atoms with Crippen LogP contribution in [0.2, 0.25) is 0 Å². The van der Waals surface area contributed by atoms with Crippen molar-refractivity contribution < 1.29 is 14.7 Å². The smallest absolute Gasteiger partial charge is 0.263 e.